The van der Waals surface area contributed by atoms with Gasteiger partial charge in [-0.25, -0.2) is 0 Å². The van der Waals surface area contributed by atoms with Crippen LogP contribution in [-0.2, 0) is 14.9 Å². The second-order valence-corrected chi connectivity index (χ2v) is 9.01. The van der Waals surface area contributed by atoms with E-state index in [1.165, 1.54) is 30.6 Å². The van der Waals surface area contributed by atoms with Crippen molar-refractivity contribution >= 4 is 11.6 Å². The lowest BCUT2D eigenvalue weighted by molar-refractivity contribution is -0.742. The monoisotopic (exact) mass is 397 g/mol. The minimum atomic E-state index is -1.50. The van der Waals surface area contributed by atoms with Crippen LogP contribution in [-0.4, -0.2) is 59.0 Å². The quantitative estimate of drug-likeness (QED) is 0.407. The van der Waals surface area contributed by atoms with Gasteiger partial charge in [-0.05, 0) is 36.9 Å². The first kappa shape index (κ1) is 17.4. The molecule has 5 aliphatic heterocycles. The van der Waals surface area contributed by atoms with Gasteiger partial charge in [0.1, 0.15) is 0 Å². The molecule has 29 heavy (non-hydrogen) atoms. The molecular weight excluding hydrogens is 374 g/mol. The summed E-state index contributed by atoms with van der Waals surface area (Å²) in [5, 5.41) is 13.6. The van der Waals surface area contributed by atoms with E-state index in [0.29, 0.717) is 36.9 Å². The molecule has 1 aromatic carbocycles. The minimum Gasteiger partial charge on any atom is -0.373 e. The van der Waals surface area contributed by atoms with Gasteiger partial charge in [0.05, 0.1) is 25.2 Å². The van der Waals surface area contributed by atoms with E-state index in [-0.39, 0.29) is 17.4 Å². The van der Waals surface area contributed by atoms with E-state index in [1.54, 1.807) is 5.57 Å². The molecule has 0 radical (unpaired) electrons. The Balaban J connectivity index is 0.000000382. The molecule has 8 heteroatoms. The van der Waals surface area contributed by atoms with E-state index in [9.17, 15) is 4.79 Å². The fourth-order valence-electron chi connectivity index (χ4n) is 7.51. The average Bonchev–Trinajstić information content (AvgIpc) is 3.15. The second-order valence-electron chi connectivity index (χ2n) is 9.01. The van der Waals surface area contributed by atoms with Gasteiger partial charge in [0, 0.05) is 29.6 Å². The molecule has 5 heterocycles. The molecular formula is C21H23N3O5. The van der Waals surface area contributed by atoms with Gasteiger partial charge in [-0.3, -0.25) is 9.69 Å². The summed E-state index contributed by atoms with van der Waals surface area (Å²) in [7, 11) is 0. The van der Waals surface area contributed by atoms with Crippen molar-refractivity contribution in [2.45, 2.75) is 42.9 Å². The minimum absolute atomic E-state index is 0.104. The zero-order chi connectivity index (χ0) is 19.9. The van der Waals surface area contributed by atoms with Gasteiger partial charge < -0.3 is 14.8 Å². The fraction of sp³-hybridized carbons (Fsp3) is 0.571. The summed E-state index contributed by atoms with van der Waals surface area (Å²) >= 11 is 0. The molecule has 1 amide bonds. The van der Waals surface area contributed by atoms with E-state index >= 15 is 0 Å². The number of hydrogen-bond acceptors (Lipinski definition) is 5. The van der Waals surface area contributed by atoms with Crippen LogP contribution in [0.2, 0.25) is 0 Å². The van der Waals surface area contributed by atoms with Crippen molar-refractivity contribution in [3.05, 3.63) is 51.6 Å². The van der Waals surface area contributed by atoms with Crippen molar-refractivity contribution in [1.29, 1.82) is 0 Å². The number of para-hydroxylation sites is 1. The first-order chi connectivity index (χ1) is 14.0. The van der Waals surface area contributed by atoms with Gasteiger partial charge in [0.15, 0.2) is 0 Å². The van der Waals surface area contributed by atoms with Crippen LogP contribution in [0.15, 0.2) is 35.9 Å². The van der Waals surface area contributed by atoms with Crippen molar-refractivity contribution < 1.29 is 19.8 Å². The van der Waals surface area contributed by atoms with E-state index in [0.717, 1.165) is 6.54 Å². The summed E-state index contributed by atoms with van der Waals surface area (Å²) in [5.74, 6) is 1.35. The van der Waals surface area contributed by atoms with Crippen molar-refractivity contribution in [3.63, 3.8) is 0 Å². The Morgan fingerprint density at radius 1 is 1.31 bits per heavy atom. The normalized spacial score (nSPS) is 40.4. The molecule has 6 atom stereocenters. The van der Waals surface area contributed by atoms with Crippen LogP contribution in [0.4, 0.5) is 5.69 Å². The van der Waals surface area contributed by atoms with Crippen LogP contribution < -0.4 is 4.90 Å². The number of amides is 1. The number of fused-ring (bicyclic) bond motifs is 2. The Morgan fingerprint density at radius 2 is 2.10 bits per heavy atom. The summed E-state index contributed by atoms with van der Waals surface area (Å²) in [6.07, 6.45) is 5.43. The smallest absolute Gasteiger partial charge is 0.291 e. The number of hydrogen-bond donors (Lipinski definition) is 1. The summed E-state index contributed by atoms with van der Waals surface area (Å²) in [6, 6.07) is 9.64. The highest BCUT2D eigenvalue weighted by Gasteiger charge is 2.70. The zero-order valence-corrected chi connectivity index (χ0v) is 15.9. The predicted octanol–water partition coefficient (Wildman–Crippen LogP) is 1.74. The number of ether oxygens (including phenoxy) is 1. The Kier molecular flexibility index (Phi) is 3.48. The molecule has 5 unspecified atom stereocenters. The van der Waals surface area contributed by atoms with E-state index < -0.39 is 5.09 Å². The number of carbonyl (C=O) groups is 1. The lowest BCUT2D eigenvalue weighted by Gasteiger charge is -2.58. The maximum absolute atomic E-state index is 13.2. The lowest BCUT2D eigenvalue weighted by Crippen LogP contribution is -2.69. The maximum Gasteiger partial charge on any atom is 0.291 e. The lowest BCUT2D eigenvalue weighted by atomic mass is 9.53. The second kappa shape index (κ2) is 5.79. The van der Waals surface area contributed by atoms with E-state index in [2.05, 4.69) is 40.1 Å². The van der Waals surface area contributed by atoms with Crippen molar-refractivity contribution in [3.8, 4) is 0 Å². The summed E-state index contributed by atoms with van der Waals surface area (Å²) < 4.78 is 6.25. The summed E-state index contributed by atoms with van der Waals surface area (Å²) in [5.41, 5.74) is 4.35. The molecule has 6 aliphatic rings. The fourth-order valence-corrected chi connectivity index (χ4v) is 7.51. The molecule has 1 N–H and O–H groups in total. The molecule has 152 valence electrons. The molecule has 1 spiro atoms. The first-order valence-corrected chi connectivity index (χ1v) is 10.3. The molecule has 4 fully saturated rings. The first-order valence-electron chi connectivity index (χ1n) is 10.3. The summed E-state index contributed by atoms with van der Waals surface area (Å²) in [6.45, 7) is 2.97. The third-order valence-corrected chi connectivity index (χ3v) is 8.22. The maximum atomic E-state index is 13.2. The molecule has 3 saturated heterocycles. The average molecular weight is 397 g/mol. The van der Waals surface area contributed by atoms with E-state index in [4.69, 9.17) is 20.1 Å². The molecule has 0 aromatic heterocycles. The topological polar surface area (TPSA) is 96.2 Å². The SMILES string of the molecule is O=C1CC2OCC=C3CN4CC[C@]56c7ccccc7N1C5C2C3CC46.O=[N+]([O-])O. The van der Waals surface area contributed by atoms with Gasteiger partial charge in [-0.1, -0.05) is 29.8 Å². The Bertz CT molecular complexity index is 944. The highest BCUT2D eigenvalue weighted by atomic mass is 16.9. The number of anilines is 1. The van der Waals surface area contributed by atoms with Crippen LogP contribution >= 0.6 is 0 Å². The number of nitrogens with zero attached hydrogens (tertiary/aromatic N) is 3. The zero-order valence-electron chi connectivity index (χ0n) is 15.9. The Hall–Kier alpha value is -2.45. The van der Waals surface area contributed by atoms with Gasteiger partial charge in [0.2, 0.25) is 5.91 Å². The van der Waals surface area contributed by atoms with E-state index in [1.807, 2.05) is 0 Å². The molecule has 1 aliphatic carbocycles. The van der Waals surface area contributed by atoms with Crippen LogP contribution in [0.5, 0.6) is 0 Å². The number of rotatable bonds is 0. The van der Waals surface area contributed by atoms with Gasteiger partial charge in [-0.15, -0.1) is 10.1 Å². The third-order valence-electron chi connectivity index (χ3n) is 8.22. The number of benzene rings is 1. The van der Waals surface area contributed by atoms with Crippen LogP contribution in [0.1, 0.15) is 24.8 Å². The van der Waals surface area contributed by atoms with Crippen molar-refractivity contribution in [2.75, 3.05) is 24.6 Å². The van der Waals surface area contributed by atoms with Gasteiger partial charge in [-0.2, -0.15) is 0 Å². The molecule has 7 rings (SSSR count). The summed E-state index contributed by atoms with van der Waals surface area (Å²) in [4.78, 5) is 26.4. The van der Waals surface area contributed by atoms with Crippen LogP contribution in [0.3, 0.4) is 0 Å². The molecule has 2 bridgehead atoms. The molecule has 8 nitrogen and oxygen atoms in total. The largest absolute Gasteiger partial charge is 0.373 e. The Labute approximate surface area is 167 Å². The van der Waals surface area contributed by atoms with Gasteiger partial charge in [0.25, 0.3) is 5.09 Å². The third kappa shape index (κ3) is 2.08. The highest BCUT2D eigenvalue weighted by molar-refractivity contribution is 5.99. The van der Waals surface area contributed by atoms with Crippen LogP contribution in [0, 0.1) is 22.0 Å². The molecule has 1 aromatic rings. The Morgan fingerprint density at radius 3 is 2.93 bits per heavy atom. The number of carbonyl (C=O) groups excluding carboxylic acids is 1. The predicted molar refractivity (Wildman–Crippen MR) is 102 cm³/mol. The standard InChI is InChI=1S/C21H22N2O2.HNO3/c24-18-10-16-19-13-9-17-21(6-7-22(17)11-12(13)5-8-25-16)14-3-1-2-4-15(14)23(18)20(19)21;2-1(3)4/h1-5,13,16-17,19-20H,6-11H2;(H,2,3,4)/t13?,16?,17?,19?,20?,21-;/m1./s1. The van der Waals surface area contributed by atoms with Crippen LogP contribution in [0.25, 0.3) is 0 Å². The van der Waals surface area contributed by atoms with Crippen molar-refractivity contribution in [1.82, 2.24) is 4.90 Å². The number of piperidine rings is 2. The van der Waals surface area contributed by atoms with Gasteiger partial charge >= 0.3 is 0 Å². The van der Waals surface area contributed by atoms with Crippen molar-refractivity contribution in [2.24, 2.45) is 11.8 Å². The molecule has 1 saturated carbocycles. The highest BCUT2D eigenvalue weighted by Crippen LogP contribution is 2.65.